The lowest BCUT2D eigenvalue weighted by atomic mass is 10.0. The molecule has 9 aromatic carbocycles. The topological polar surface area (TPSA) is 43.6 Å². The fraction of sp³-hybridized carbons (Fsp3) is 0. The lowest BCUT2D eigenvalue weighted by molar-refractivity contribution is 1.08. The monoisotopic (exact) mass is 756 g/mol. The molecule has 3 aromatic heterocycles. The van der Waals surface area contributed by atoms with Crippen LogP contribution in [0.1, 0.15) is 0 Å². The minimum Gasteiger partial charge on any atom is -0.309 e. The maximum absolute atomic E-state index is 5.37. The van der Waals surface area contributed by atoms with Crippen LogP contribution in [0.25, 0.3) is 115 Å². The molecule has 12 rings (SSSR count). The molecule has 58 heavy (non-hydrogen) atoms. The van der Waals surface area contributed by atoms with Gasteiger partial charge in [0.1, 0.15) is 0 Å². The van der Waals surface area contributed by atoms with Crippen LogP contribution in [-0.2, 0) is 0 Å². The van der Waals surface area contributed by atoms with Gasteiger partial charge in [0.25, 0.3) is 0 Å². The van der Waals surface area contributed by atoms with Gasteiger partial charge in [-0.3, -0.25) is 0 Å². The number of rotatable bonds is 5. The Morgan fingerprint density at radius 2 is 0.948 bits per heavy atom. The summed E-state index contributed by atoms with van der Waals surface area (Å²) in [5.41, 5.74) is 8.61. The molecular weight excluding hydrogens is 725 g/mol. The van der Waals surface area contributed by atoms with Crippen LogP contribution in [-0.4, -0.2) is 19.5 Å². The van der Waals surface area contributed by atoms with Crippen LogP contribution < -0.4 is 0 Å². The predicted octanol–water partition coefficient (Wildman–Crippen LogP) is 14.3. The van der Waals surface area contributed by atoms with Gasteiger partial charge in [-0.25, -0.2) is 15.0 Å². The summed E-state index contributed by atoms with van der Waals surface area (Å²) in [6.45, 7) is 0. The molecule has 3 heterocycles. The van der Waals surface area contributed by atoms with Crippen molar-refractivity contribution in [3.63, 3.8) is 0 Å². The Balaban J connectivity index is 1.11. The highest BCUT2D eigenvalue weighted by molar-refractivity contribution is 7.25. The van der Waals surface area contributed by atoms with E-state index in [1.165, 1.54) is 52.8 Å². The Morgan fingerprint density at radius 1 is 0.345 bits per heavy atom. The normalized spacial score (nSPS) is 11.8. The smallest absolute Gasteiger partial charge is 0.164 e. The lowest BCUT2D eigenvalue weighted by Crippen LogP contribution is -2.01. The number of nitrogens with zero attached hydrogens (tertiary/aromatic N) is 4. The van der Waals surface area contributed by atoms with E-state index in [0.717, 1.165) is 44.3 Å². The molecule has 0 aliphatic carbocycles. The van der Waals surface area contributed by atoms with E-state index in [9.17, 15) is 0 Å². The molecule has 5 heteroatoms. The minimum atomic E-state index is 0.636. The summed E-state index contributed by atoms with van der Waals surface area (Å²) in [5, 5.41) is 9.50. The Bertz CT molecular complexity index is 3580. The van der Waals surface area contributed by atoms with Gasteiger partial charge in [0.2, 0.25) is 0 Å². The molecule has 12 aromatic rings. The first kappa shape index (κ1) is 32.7. The largest absolute Gasteiger partial charge is 0.309 e. The second kappa shape index (κ2) is 13.1. The van der Waals surface area contributed by atoms with Crippen LogP contribution in [0.5, 0.6) is 0 Å². The second-order valence-electron chi connectivity index (χ2n) is 14.8. The molecule has 0 spiro atoms. The fourth-order valence-corrected chi connectivity index (χ4v) is 9.91. The Hall–Kier alpha value is -7.47. The summed E-state index contributed by atoms with van der Waals surface area (Å²) >= 11 is 1.80. The van der Waals surface area contributed by atoms with Crippen molar-refractivity contribution >= 4 is 74.9 Å². The molecule has 0 bridgehead atoms. The molecule has 0 unspecified atom stereocenters. The van der Waals surface area contributed by atoms with Gasteiger partial charge < -0.3 is 4.57 Å². The highest BCUT2D eigenvalue weighted by atomic mass is 32.1. The van der Waals surface area contributed by atoms with E-state index in [2.05, 4.69) is 193 Å². The molecule has 0 radical (unpaired) electrons. The molecule has 270 valence electrons. The molecule has 0 fully saturated rings. The molecule has 0 N–H and O–H groups in total. The Kier molecular flexibility index (Phi) is 7.37. The third kappa shape index (κ3) is 5.18. The van der Waals surface area contributed by atoms with Gasteiger partial charge in [0, 0.05) is 53.0 Å². The van der Waals surface area contributed by atoms with Crippen LogP contribution in [0, 0.1) is 0 Å². The van der Waals surface area contributed by atoms with Crippen molar-refractivity contribution in [2.45, 2.75) is 0 Å². The first-order valence-electron chi connectivity index (χ1n) is 19.5. The van der Waals surface area contributed by atoms with Gasteiger partial charge in [-0.15, -0.1) is 11.3 Å². The van der Waals surface area contributed by atoms with Gasteiger partial charge >= 0.3 is 0 Å². The van der Waals surface area contributed by atoms with Crippen LogP contribution in [0.3, 0.4) is 0 Å². The maximum atomic E-state index is 5.37. The minimum absolute atomic E-state index is 0.636. The van der Waals surface area contributed by atoms with Crippen LogP contribution >= 0.6 is 11.3 Å². The average Bonchev–Trinajstić information content (AvgIpc) is 3.83. The Morgan fingerprint density at radius 3 is 1.84 bits per heavy atom. The van der Waals surface area contributed by atoms with Crippen LogP contribution in [0.2, 0.25) is 0 Å². The van der Waals surface area contributed by atoms with Gasteiger partial charge in [-0.05, 0) is 69.8 Å². The van der Waals surface area contributed by atoms with E-state index in [-0.39, 0.29) is 0 Å². The van der Waals surface area contributed by atoms with E-state index < -0.39 is 0 Å². The summed E-state index contributed by atoms with van der Waals surface area (Å²) in [7, 11) is 0. The van der Waals surface area contributed by atoms with E-state index in [1.807, 2.05) is 6.07 Å². The third-order valence-corrected chi connectivity index (χ3v) is 12.6. The third-order valence-electron chi connectivity index (χ3n) is 11.4. The SMILES string of the molecule is c1ccc(-c2cccc(-c3nc(-c4cccc5c(-n6c7ccccc7c7cc8ccccc8cc76)cccc45)nc(-c4cccc5sc6ccccc6c45)n3)c2)cc1. The lowest BCUT2D eigenvalue weighted by Gasteiger charge is -2.15. The molecule has 4 nitrogen and oxygen atoms in total. The standard InChI is InChI=1S/C53H32N4S/c1-2-14-33(15-3-1)34-18-10-19-37(30-34)51-54-52(56-53(55-51)43-25-13-29-49-50(43)42-21-7-9-28-48(42)58-49)41-24-11-23-39-38(41)22-12-27-46(39)57-45-26-8-6-20-40(45)44-31-35-16-4-5-17-36(35)32-47(44)57/h1-32H. The quantitative estimate of drug-likeness (QED) is 0.176. The molecule has 0 amide bonds. The van der Waals surface area contributed by atoms with E-state index in [0.29, 0.717) is 17.5 Å². The van der Waals surface area contributed by atoms with Crippen molar-refractivity contribution in [3.05, 3.63) is 194 Å². The van der Waals surface area contributed by atoms with E-state index in [4.69, 9.17) is 15.0 Å². The molecular formula is C53H32N4S. The average molecular weight is 757 g/mol. The zero-order valence-electron chi connectivity index (χ0n) is 31.2. The summed E-state index contributed by atoms with van der Waals surface area (Å²) in [5.74, 6) is 1.93. The van der Waals surface area contributed by atoms with Crippen LogP contribution in [0.15, 0.2) is 194 Å². The number of hydrogen-bond donors (Lipinski definition) is 0. The molecule has 0 atom stereocenters. The number of aromatic nitrogens is 4. The summed E-state index contributed by atoms with van der Waals surface area (Å²) < 4.78 is 4.88. The van der Waals surface area contributed by atoms with E-state index >= 15 is 0 Å². The molecule has 0 aliphatic rings. The highest BCUT2D eigenvalue weighted by Gasteiger charge is 2.20. The second-order valence-corrected chi connectivity index (χ2v) is 15.9. The first-order valence-corrected chi connectivity index (χ1v) is 20.3. The fourth-order valence-electron chi connectivity index (χ4n) is 8.77. The molecule has 0 saturated heterocycles. The number of benzene rings is 9. The number of para-hydroxylation sites is 1. The summed E-state index contributed by atoms with van der Waals surface area (Å²) in [6, 6.07) is 69.2. The number of fused-ring (bicyclic) bond motifs is 8. The van der Waals surface area contributed by atoms with Crippen LogP contribution in [0.4, 0.5) is 0 Å². The molecule has 0 saturated carbocycles. The van der Waals surface area contributed by atoms with Gasteiger partial charge in [0.05, 0.1) is 16.7 Å². The van der Waals surface area contributed by atoms with Crippen molar-refractivity contribution in [1.82, 2.24) is 19.5 Å². The Labute approximate surface area is 338 Å². The van der Waals surface area contributed by atoms with Crippen molar-refractivity contribution < 1.29 is 0 Å². The molecule has 0 aliphatic heterocycles. The highest BCUT2D eigenvalue weighted by Crippen LogP contribution is 2.42. The predicted molar refractivity (Wildman–Crippen MR) is 244 cm³/mol. The van der Waals surface area contributed by atoms with Crippen molar-refractivity contribution in [3.8, 4) is 51.0 Å². The first-order chi connectivity index (χ1) is 28.7. The van der Waals surface area contributed by atoms with Crippen molar-refractivity contribution in [2.75, 3.05) is 0 Å². The van der Waals surface area contributed by atoms with Gasteiger partial charge in [-0.2, -0.15) is 0 Å². The number of thiophene rings is 1. The summed E-state index contributed by atoms with van der Waals surface area (Å²) in [4.78, 5) is 16.0. The zero-order chi connectivity index (χ0) is 38.2. The van der Waals surface area contributed by atoms with E-state index in [1.54, 1.807) is 11.3 Å². The maximum Gasteiger partial charge on any atom is 0.164 e. The van der Waals surface area contributed by atoms with Crippen molar-refractivity contribution in [2.24, 2.45) is 0 Å². The van der Waals surface area contributed by atoms with Crippen molar-refractivity contribution in [1.29, 1.82) is 0 Å². The van der Waals surface area contributed by atoms with Gasteiger partial charge in [-0.1, -0.05) is 152 Å². The summed E-state index contributed by atoms with van der Waals surface area (Å²) in [6.07, 6.45) is 0. The van der Waals surface area contributed by atoms with Gasteiger partial charge in [0.15, 0.2) is 17.5 Å². The number of hydrogen-bond acceptors (Lipinski definition) is 4. The zero-order valence-corrected chi connectivity index (χ0v) is 32.0.